The third kappa shape index (κ3) is 4.08. The minimum atomic E-state index is -4.63. The molecule has 1 N–H and O–H groups in total. The molecule has 0 saturated carbocycles. The van der Waals surface area contributed by atoms with Crippen LogP contribution in [0.3, 0.4) is 0 Å². The Hall–Kier alpha value is -2.73. The first-order valence-corrected chi connectivity index (χ1v) is 7.99. The Labute approximate surface area is 152 Å². The number of hydrogen-bond acceptors (Lipinski definition) is 2. The summed E-state index contributed by atoms with van der Waals surface area (Å²) in [7, 11) is 0. The molecule has 0 radical (unpaired) electrons. The summed E-state index contributed by atoms with van der Waals surface area (Å²) in [4.78, 5) is 12.0. The van der Waals surface area contributed by atoms with Crippen LogP contribution in [-0.4, -0.2) is 12.5 Å². The molecule has 3 aromatic carbocycles. The average molecular weight is 380 g/mol. The zero-order valence-corrected chi connectivity index (χ0v) is 14.1. The summed E-state index contributed by atoms with van der Waals surface area (Å²) in [6.07, 6.45) is -4.63. The number of amides is 1. The Morgan fingerprint density at radius 3 is 2.54 bits per heavy atom. The molecule has 0 aliphatic carbocycles. The van der Waals surface area contributed by atoms with Crippen molar-refractivity contribution >= 4 is 34.0 Å². The van der Waals surface area contributed by atoms with Gasteiger partial charge in [-0.05, 0) is 29.7 Å². The number of carbonyl (C=O) groups excluding carboxylic acids is 1. The van der Waals surface area contributed by atoms with Gasteiger partial charge in [0.05, 0.1) is 11.3 Å². The number of benzene rings is 3. The Morgan fingerprint density at radius 1 is 1.04 bits per heavy atom. The van der Waals surface area contributed by atoms with Gasteiger partial charge in [-0.25, -0.2) is 0 Å². The highest BCUT2D eigenvalue weighted by Crippen LogP contribution is 2.36. The Balaban J connectivity index is 1.74. The molecule has 7 heteroatoms. The maximum absolute atomic E-state index is 13.1. The van der Waals surface area contributed by atoms with E-state index >= 15 is 0 Å². The van der Waals surface area contributed by atoms with E-state index in [2.05, 4.69) is 5.32 Å². The number of rotatable bonds is 4. The number of ether oxygens (including phenoxy) is 1. The van der Waals surface area contributed by atoms with E-state index < -0.39 is 24.3 Å². The van der Waals surface area contributed by atoms with Crippen LogP contribution in [0.1, 0.15) is 5.56 Å². The molecule has 3 rings (SSSR count). The Kier molecular flexibility index (Phi) is 5.04. The quantitative estimate of drug-likeness (QED) is 0.647. The lowest BCUT2D eigenvalue weighted by atomic mass is 10.1. The summed E-state index contributed by atoms with van der Waals surface area (Å²) in [6.45, 7) is -0.423. The fourth-order valence-corrected chi connectivity index (χ4v) is 2.68. The molecule has 3 nitrogen and oxygen atoms in total. The predicted octanol–water partition coefficient (Wildman–Crippen LogP) is 5.53. The predicted molar refractivity (Wildman–Crippen MR) is 94.5 cm³/mol. The number of halogens is 4. The number of carbonyl (C=O) groups is 1. The van der Waals surface area contributed by atoms with Crippen molar-refractivity contribution in [2.24, 2.45) is 0 Å². The zero-order valence-electron chi connectivity index (χ0n) is 13.3. The van der Waals surface area contributed by atoms with Crippen molar-refractivity contribution in [3.63, 3.8) is 0 Å². The zero-order chi connectivity index (χ0) is 18.7. The number of nitrogens with one attached hydrogen (secondary N) is 1. The lowest BCUT2D eigenvalue weighted by Gasteiger charge is -2.15. The second kappa shape index (κ2) is 7.25. The van der Waals surface area contributed by atoms with Gasteiger partial charge in [0.2, 0.25) is 0 Å². The largest absolute Gasteiger partial charge is 0.483 e. The fourth-order valence-electron chi connectivity index (χ4n) is 2.51. The summed E-state index contributed by atoms with van der Waals surface area (Å²) in [5.74, 6) is -0.226. The molecule has 0 fully saturated rings. The smallest absolute Gasteiger partial charge is 0.418 e. The van der Waals surface area contributed by atoms with Crippen LogP contribution in [0.2, 0.25) is 5.02 Å². The molecular formula is C19H13ClF3NO2. The summed E-state index contributed by atoms with van der Waals surface area (Å²) in [5.41, 5.74) is -1.38. The van der Waals surface area contributed by atoms with E-state index in [0.29, 0.717) is 5.75 Å². The van der Waals surface area contributed by atoms with Crippen molar-refractivity contribution in [1.82, 2.24) is 0 Å². The van der Waals surface area contributed by atoms with Crippen LogP contribution >= 0.6 is 11.6 Å². The molecule has 0 spiro atoms. The van der Waals surface area contributed by atoms with Crippen LogP contribution in [0.15, 0.2) is 60.7 Å². The molecule has 134 valence electrons. The van der Waals surface area contributed by atoms with Gasteiger partial charge in [-0.1, -0.05) is 48.0 Å². The maximum atomic E-state index is 13.1. The third-order valence-corrected chi connectivity index (χ3v) is 3.90. The molecule has 0 aromatic heterocycles. The first-order valence-electron chi connectivity index (χ1n) is 7.62. The van der Waals surface area contributed by atoms with Crippen LogP contribution < -0.4 is 10.1 Å². The van der Waals surface area contributed by atoms with Gasteiger partial charge in [0.1, 0.15) is 5.75 Å². The Morgan fingerprint density at radius 2 is 1.77 bits per heavy atom. The first-order chi connectivity index (χ1) is 12.3. The second-order valence-electron chi connectivity index (χ2n) is 5.50. The monoisotopic (exact) mass is 379 g/mol. The van der Waals surface area contributed by atoms with Gasteiger partial charge in [0.25, 0.3) is 5.91 Å². The van der Waals surface area contributed by atoms with E-state index in [9.17, 15) is 18.0 Å². The molecule has 0 aliphatic rings. The van der Waals surface area contributed by atoms with Crippen molar-refractivity contribution in [2.75, 3.05) is 11.9 Å². The van der Waals surface area contributed by atoms with Crippen LogP contribution in [0.25, 0.3) is 10.8 Å². The average Bonchev–Trinajstić information content (AvgIpc) is 2.60. The minimum absolute atomic E-state index is 0.0673. The molecule has 26 heavy (non-hydrogen) atoms. The molecule has 3 aromatic rings. The van der Waals surface area contributed by atoms with Gasteiger partial charge in [-0.2, -0.15) is 13.2 Å². The van der Waals surface area contributed by atoms with Crippen molar-refractivity contribution in [3.05, 3.63) is 71.2 Å². The topological polar surface area (TPSA) is 38.3 Å². The number of fused-ring (bicyclic) bond motifs is 1. The summed E-state index contributed by atoms with van der Waals surface area (Å²) in [5, 5.41) is 3.90. The van der Waals surface area contributed by atoms with Crippen molar-refractivity contribution in [2.45, 2.75) is 6.18 Å². The molecule has 0 unspecified atom stereocenters. The highest BCUT2D eigenvalue weighted by atomic mass is 35.5. The Bertz CT molecular complexity index is 952. The van der Waals surface area contributed by atoms with E-state index in [0.717, 1.165) is 22.9 Å². The highest BCUT2D eigenvalue weighted by Gasteiger charge is 2.34. The standard InChI is InChI=1S/C19H13ClF3NO2/c20-13-8-9-16(15(10-13)19(21,22)23)24-18(25)11-26-17-7-3-5-12-4-1-2-6-14(12)17/h1-10H,11H2,(H,24,25). The van der Waals surface area contributed by atoms with Crippen molar-refractivity contribution in [1.29, 1.82) is 0 Å². The van der Waals surface area contributed by atoms with Gasteiger partial charge < -0.3 is 10.1 Å². The van der Waals surface area contributed by atoms with E-state index in [1.54, 1.807) is 12.1 Å². The fraction of sp³-hybridized carbons (Fsp3) is 0.105. The van der Waals surface area contributed by atoms with Crippen LogP contribution in [-0.2, 0) is 11.0 Å². The maximum Gasteiger partial charge on any atom is 0.418 e. The first kappa shape index (κ1) is 18.1. The van der Waals surface area contributed by atoms with Gasteiger partial charge >= 0.3 is 6.18 Å². The van der Waals surface area contributed by atoms with E-state index in [-0.39, 0.29) is 10.7 Å². The molecule has 0 saturated heterocycles. The van der Waals surface area contributed by atoms with Crippen LogP contribution in [0, 0.1) is 0 Å². The summed E-state index contributed by atoms with van der Waals surface area (Å²) in [6, 6.07) is 16.0. The SMILES string of the molecule is O=C(COc1cccc2ccccc12)Nc1ccc(Cl)cc1C(F)(F)F. The molecule has 0 heterocycles. The van der Waals surface area contributed by atoms with Crippen molar-refractivity contribution < 1.29 is 22.7 Å². The molecular weight excluding hydrogens is 367 g/mol. The van der Waals surface area contributed by atoms with Gasteiger partial charge in [-0.3, -0.25) is 4.79 Å². The van der Waals surface area contributed by atoms with Crippen LogP contribution in [0.5, 0.6) is 5.75 Å². The molecule has 0 bridgehead atoms. The van der Waals surface area contributed by atoms with Gasteiger partial charge in [0.15, 0.2) is 6.61 Å². The van der Waals surface area contributed by atoms with Gasteiger partial charge in [0, 0.05) is 10.4 Å². The molecule has 0 atom stereocenters. The molecule has 1 amide bonds. The normalized spacial score (nSPS) is 11.4. The molecule has 0 aliphatic heterocycles. The highest BCUT2D eigenvalue weighted by molar-refractivity contribution is 6.30. The summed E-state index contributed by atoms with van der Waals surface area (Å²) < 4.78 is 44.7. The third-order valence-electron chi connectivity index (χ3n) is 3.67. The van der Waals surface area contributed by atoms with Gasteiger partial charge in [-0.15, -0.1) is 0 Å². The lowest BCUT2D eigenvalue weighted by Crippen LogP contribution is -2.22. The van der Waals surface area contributed by atoms with E-state index in [1.165, 1.54) is 6.07 Å². The van der Waals surface area contributed by atoms with E-state index in [4.69, 9.17) is 16.3 Å². The van der Waals surface area contributed by atoms with Crippen LogP contribution in [0.4, 0.5) is 18.9 Å². The summed E-state index contributed by atoms with van der Waals surface area (Å²) >= 11 is 5.62. The van der Waals surface area contributed by atoms with Crippen molar-refractivity contribution in [3.8, 4) is 5.75 Å². The minimum Gasteiger partial charge on any atom is -0.483 e. The van der Waals surface area contributed by atoms with E-state index in [1.807, 2.05) is 30.3 Å². The second-order valence-corrected chi connectivity index (χ2v) is 5.94. The number of hydrogen-bond donors (Lipinski definition) is 1. The number of anilines is 1. The number of alkyl halides is 3. The lowest BCUT2D eigenvalue weighted by molar-refractivity contribution is -0.137.